The fraction of sp³-hybridized carbons (Fsp3) is 0.250. The smallest absolute Gasteiger partial charge is 0.335 e. The van der Waals surface area contributed by atoms with Crippen molar-refractivity contribution >= 4 is 14.0 Å². The van der Waals surface area contributed by atoms with Crippen molar-refractivity contribution < 1.29 is 9.90 Å². The average molecular weight is 218 g/mol. The molecule has 0 unspecified atom stereocenters. The monoisotopic (exact) mass is 218 g/mol. The number of hydrogen-bond acceptors (Lipinski definition) is 1. The zero-order valence-corrected chi connectivity index (χ0v) is 10.2. The van der Waals surface area contributed by atoms with E-state index in [-0.39, 0.29) is 0 Å². The summed E-state index contributed by atoms with van der Waals surface area (Å²) in [5.41, 5.74) is 4.41. The van der Waals surface area contributed by atoms with Crippen molar-refractivity contribution in [3.63, 3.8) is 0 Å². The van der Waals surface area contributed by atoms with Crippen LogP contribution >= 0.6 is 0 Å². The molecule has 0 amide bonds. The number of carboxylic acids is 1. The summed E-state index contributed by atoms with van der Waals surface area (Å²) in [6.45, 7) is 6.52. The van der Waals surface area contributed by atoms with Crippen LogP contribution < -0.4 is 0 Å². The standard InChI is InChI=1S/C12H14O2Si/c1-15(2,3)9-8-10-4-6-11(7-5-10)12(13)14/h4-7H,1-3H3,(H,13,14). The first-order chi connectivity index (χ1) is 6.88. The van der Waals surface area contributed by atoms with Crippen molar-refractivity contribution in [2.75, 3.05) is 0 Å². The van der Waals surface area contributed by atoms with Gasteiger partial charge in [-0.2, -0.15) is 0 Å². The van der Waals surface area contributed by atoms with Crippen LogP contribution in [0.5, 0.6) is 0 Å². The molecule has 0 atom stereocenters. The summed E-state index contributed by atoms with van der Waals surface area (Å²) < 4.78 is 0. The number of benzene rings is 1. The van der Waals surface area contributed by atoms with Gasteiger partial charge in [-0.15, -0.1) is 5.54 Å². The van der Waals surface area contributed by atoms with Crippen LogP contribution in [0, 0.1) is 11.5 Å². The zero-order valence-electron chi connectivity index (χ0n) is 9.16. The van der Waals surface area contributed by atoms with Gasteiger partial charge in [-0.25, -0.2) is 4.79 Å². The van der Waals surface area contributed by atoms with Crippen molar-refractivity contribution in [3.05, 3.63) is 35.4 Å². The maximum absolute atomic E-state index is 10.6. The SMILES string of the molecule is C[Si](C)(C)C#Cc1ccc(C(=O)O)cc1. The zero-order chi connectivity index (χ0) is 11.5. The summed E-state index contributed by atoms with van der Waals surface area (Å²) in [5, 5.41) is 8.71. The summed E-state index contributed by atoms with van der Waals surface area (Å²) in [5.74, 6) is 2.17. The molecular weight excluding hydrogens is 204 g/mol. The lowest BCUT2D eigenvalue weighted by molar-refractivity contribution is 0.0697. The predicted molar refractivity (Wildman–Crippen MR) is 63.6 cm³/mol. The van der Waals surface area contributed by atoms with Crippen molar-refractivity contribution in [2.45, 2.75) is 19.6 Å². The van der Waals surface area contributed by atoms with E-state index in [9.17, 15) is 4.79 Å². The van der Waals surface area contributed by atoms with E-state index in [1.54, 1.807) is 24.3 Å². The largest absolute Gasteiger partial charge is 0.478 e. The number of hydrogen-bond donors (Lipinski definition) is 1. The van der Waals surface area contributed by atoms with Gasteiger partial charge in [0.25, 0.3) is 0 Å². The minimum atomic E-state index is -1.35. The summed E-state index contributed by atoms with van der Waals surface area (Å²) >= 11 is 0. The topological polar surface area (TPSA) is 37.3 Å². The Hall–Kier alpha value is -1.53. The third-order valence-corrected chi connectivity index (χ3v) is 2.59. The molecule has 2 nitrogen and oxygen atoms in total. The molecule has 0 heterocycles. The van der Waals surface area contributed by atoms with Gasteiger partial charge in [-0.1, -0.05) is 25.6 Å². The van der Waals surface area contributed by atoms with E-state index in [1.165, 1.54) is 0 Å². The Morgan fingerprint density at radius 1 is 1.20 bits per heavy atom. The third-order valence-electron chi connectivity index (χ3n) is 1.71. The van der Waals surface area contributed by atoms with Gasteiger partial charge in [0.15, 0.2) is 0 Å². The highest BCUT2D eigenvalue weighted by Gasteiger charge is 2.07. The molecule has 15 heavy (non-hydrogen) atoms. The molecule has 78 valence electrons. The van der Waals surface area contributed by atoms with Crippen LogP contribution in [0.4, 0.5) is 0 Å². The van der Waals surface area contributed by atoms with Gasteiger partial charge in [0.05, 0.1) is 5.56 Å². The van der Waals surface area contributed by atoms with Gasteiger partial charge < -0.3 is 5.11 Å². The molecule has 0 radical (unpaired) electrons. The molecule has 0 saturated heterocycles. The molecule has 0 saturated carbocycles. The molecule has 1 rings (SSSR count). The van der Waals surface area contributed by atoms with Crippen LogP contribution in [0.3, 0.4) is 0 Å². The van der Waals surface area contributed by atoms with Crippen molar-refractivity contribution in [1.29, 1.82) is 0 Å². The van der Waals surface area contributed by atoms with E-state index in [1.807, 2.05) is 0 Å². The summed E-state index contributed by atoms with van der Waals surface area (Å²) in [6, 6.07) is 6.65. The van der Waals surface area contributed by atoms with Gasteiger partial charge >= 0.3 is 5.97 Å². The molecule has 0 aromatic heterocycles. The fourth-order valence-corrected chi connectivity index (χ4v) is 1.48. The van der Waals surface area contributed by atoms with Crippen LogP contribution in [0.1, 0.15) is 15.9 Å². The minimum absolute atomic E-state index is 0.300. The van der Waals surface area contributed by atoms with Gasteiger partial charge in [-0.05, 0) is 24.3 Å². The van der Waals surface area contributed by atoms with Gasteiger partial charge in [0.1, 0.15) is 8.07 Å². The lowest BCUT2D eigenvalue weighted by atomic mass is 10.1. The highest BCUT2D eigenvalue weighted by molar-refractivity contribution is 6.83. The molecule has 1 aromatic carbocycles. The third kappa shape index (κ3) is 4.01. The molecule has 3 heteroatoms. The second kappa shape index (κ2) is 4.33. The van der Waals surface area contributed by atoms with Crippen LogP contribution in [0.15, 0.2) is 24.3 Å². The van der Waals surface area contributed by atoms with Crippen LogP contribution in [-0.4, -0.2) is 19.1 Å². The molecule has 0 fully saturated rings. The lowest BCUT2D eigenvalue weighted by Crippen LogP contribution is -2.16. The molecule has 0 aliphatic carbocycles. The van der Waals surface area contributed by atoms with Gasteiger partial charge in [-0.3, -0.25) is 0 Å². The number of carbonyl (C=O) groups is 1. The maximum atomic E-state index is 10.6. The normalized spacial score (nSPS) is 10.3. The Morgan fingerprint density at radius 2 is 1.73 bits per heavy atom. The highest BCUT2D eigenvalue weighted by Crippen LogP contribution is 2.04. The van der Waals surface area contributed by atoms with E-state index in [2.05, 4.69) is 31.1 Å². The number of rotatable bonds is 1. The second-order valence-electron chi connectivity index (χ2n) is 4.38. The van der Waals surface area contributed by atoms with E-state index in [0.717, 1.165) is 5.56 Å². The molecule has 0 spiro atoms. The van der Waals surface area contributed by atoms with Crippen LogP contribution in [-0.2, 0) is 0 Å². The van der Waals surface area contributed by atoms with E-state index < -0.39 is 14.0 Å². The maximum Gasteiger partial charge on any atom is 0.335 e. The minimum Gasteiger partial charge on any atom is -0.478 e. The van der Waals surface area contributed by atoms with E-state index >= 15 is 0 Å². The van der Waals surface area contributed by atoms with E-state index in [0.29, 0.717) is 5.56 Å². The fourth-order valence-electron chi connectivity index (χ4n) is 0.956. The molecule has 1 aromatic rings. The first kappa shape index (κ1) is 11.5. The Labute approximate surface area is 91.0 Å². The number of aromatic carboxylic acids is 1. The Balaban J connectivity index is 2.89. The van der Waals surface area contributed by atoms with Gasteiger partial charge in [0.2, 0.25) is 0 Å². The molecule has 0 aliphatic heterocycles. The summed E-state index contributed by atoms with van der Waals surface area (Å²) in [4.78, 5) is 10.6. The predicted octanol–water partition coefficient (Wildman–Crippen LogP) is 2.61. The summed E-state index contributed by atoms with van der Waals surface area (Å²) in [7, 11) is -1.35. The average Bonchev–Trinajstić information content (AvgIpc) is 2.14. The Morgan fingerprint density at radius 3 is 2.13 bits per heavy atom. The Bertz CT molecular complexity index is 416. The highest BCUT2D eigenvalue weighted by atomic mass is 28.3. The van der Waals surface area contributed by atoms with Crippen LogP contribution in [0.25, 0.3) is 0 Å². The summed E-state index contributed by atoms with van der Waals surface area (Å²) in [6.07, 6.45) is 0. The van der Waals surface area contributed by atoms with Crippen molar-refractivity contribution in [1.82, 2.24) is 0 Å². The molecule has 0 bridgehead atoms. The molecule has 1 N–H and O–H groups in total. The second-order valence-corrected chi connectivity index (χ2v) is 9.13. The van der Waals surface area contributed by atoms with Crippen molar-refractivity contribution in [2.24, 2.45) is 0 Å². The quantitative estimate of drug-likeness (QED) is 0.581. The first-order valence-corrected chi connectivity index (χ1v) is 8.25. The van der Waals surface area contributed by atoms with E-state index in [4.69, 9.17) is 5.11 Å². The molecule has 0 aliphatic rings. The number of carboxylic acid groups (broad SMARTS) is 1. The Kier molecular flexibility index (Phi) is 3.33. The first-order valence-electron chi connectivity index (χ1n) is 4.75. The van der Waals surface area contributed by atoms with Crippen LogP contribution in [0.2, 0.25) is 19.6 Å². The lowest BCUT2D eigenvalue weighted by Gasteiger charge is -2.03. The van der Waals surface area contributed by atoms with Gasteiger partial charge in [0, 0.05) is 5.56 Å². The molecular formula is C12H14O2Si. The van der Waals surface area contributed by atoms with Crippen molar-refractivity contribution in [3.8, 4) is 11.5 Å².